The van der Waals surface area contributed by atoms with E-state index >= 15 is 0 Å². The lowest BCUT2D eigenvalue weighted by Gasteiger charge is -2.20. The molecule has 7 nitrogen and oxygen atoms in total. The highest BCUT2D eigenvalue weighted by Crippen LogP contribution is 2.28. The van der Waals surface area contributed by atoms with Crippen LogP contribution in [-0.4, -0.2) is 35.2 Å². The second-order valence-electron chi connectivity index (χ2n) is 6.54. The molecule has 0 unspecified atom stereocenters. The van der Waals surface area contributed by atoms with Crippen LogP contribution < -0.4 is 14.2 Å². The lowest BCUT2D eigenvalue weighted by Crippen LogP contribution is -2.31. The van der Waals surface area contributed by atoms with E-state index in [-0.39, 0.29) is 17.9 Å². The smallest absolute Gasteiger partial charge is 0.307 e. The van der Waals surface area contributed by atoms with Crippen molar-refractivity contribution in [3.05, 3.63) is 53.1 Å². The first-order valence-corrected chi connectivity index (χ1v) is 10.7. The number of sulfonamides is 1. The molecule has 29 heavy (non-hydrogen) atoms. The molecule has 0 spiro atoms. The van der Waals surface area contributed by atoms with E-state index in [0.29, 0.717) is 28.2 Å². The van der Waals surface area contributed by atoms with Gasteiger partial charge in [-0.25, -0.2) is 13.1 Å². The van der Waals surface area contributed by atoms with E-state index in [1.165, 1.54) is 7.11 Å². The number of carbonyl (C=O) groups is 1. The Bertz CT molecular complexity index is 954. The second-order valence-corrected chi connectivity index (χ2v) is 8.23. The summed E-state index contributed by atoms with van der Waals surface area (Å²) < 4.78 is 44.3. The Morgan fingerprint density at radius 3 is 2.24 bits per heavy atom. The summed E-state index contributed by atoms with van der Waals surface area (Å²) in [6.07, 6.45) is -0.131. The fraction of sp³-hybridized carbons (Fsp3) is 0.381. The summed E-state index contributed by atoms with van der Waals surface area (Å²) in [7, 11) is -0.827. The first-order valence-electron chi connectivity index (χ1n) is 9.19. The molecule has 158 valence electrons. The van der Waals surface area contributed by atoms with Crippen LogP contribution in [0.3, 0.4) is 0 Å². The molecule has 0 aromatic heterocycles. The van der Waals surface area contributed by atoms with Gasteiger partial charge in [-0.1, -0.05) is 12.1 Å². The molecule has 0 amide bonds. The fourth-order valence-corrected chi connectivity index (χ4v) is 4.51. The van der Waals surface area contributed by atoms with E-state index in [2.05, 4.69) is 4.72 Å². The normalized spacial score (nSPS) is 12.3. The number of hydrogen-bond donors (Lipinski definition) is 1. The van der Waals surface area contributed by atoms with Gasteiger partial charge in [0.25, 0.3) is 0 Å². The van der Waals surface area contributed by atoms with Gasteiger partial charge in [0, 0.05) is 0 Å². The molecule has 8 heteroatoms. The van der Waals surface area contributed by atoms with Gasteiger partial charge in [-0.15, -0.1) is 0 Å². The lowest BCUT2D eigenvalue weighted by atomic mass is 10.0. The van der Waals surface area contributed by atoms with Crippen molar-refractivity contribution < 1.29 is 27.4 Å². The number of nitrogens with one attached hydrogen (secondary N) is 1. The van der Waals surface area contributed by atoms with E-state index in [4.69, 9.17) is 14.2 Å². The summed E-state index contributed by atoms with van der Waals surface area (Å²) in [5.41, 5.74) is 1.87. The molecule has 0 saturated heterocycles. The summed E-state index contributed by atoms with van der Waals surface area (Å²) in [5.74, 6) is 0.756. The highest BCUT2D eigenvalue weighted by Gasteiger charge is 2.26. The number of methoxy groups -OCH3 is 2. The van der Waals surface area contributed by atoms with Crippen molar-refractivity contribution in [3.63, 3.8) is 0 Å². The van der Waals surface area contributed by atoms with Gasteiger partial charge in [-0.2, -0.15) is 0 Å². The molecule has 1 atom stereocenters. The molecule has 0 heterocycles. The van der Waals surface area contributed by atoms with Crippen molar-refractivity contribution in [1.29, 1.82) is 0 Å². The number of hydrogen-bond acceptors (Lipinski definition) is 6. The predicted molar refractivity (Wildman–Crippen MR) is 110 cm³/mol. The van der Waals surface area contributed by atoms with E-state index in [9.17, 15) is 13.2 Å². The average molecular weight is 422 g/mol. The molecule has 2 aromatic rings. The molecular weight excluding hydrogens is 394 g/mol. The zero-order chi connectivity index (χ0) is 21.6. The van der Waals surface area contributed by atoms with Crippen molar-refractivity contribution in [2.75, 3.05) is 20.8 Å². The molecular formula is C21H27NO6S. The topological polar surface area (TPSA) is 90.9 Å². The number of ether oxygens (including phenoxy) is 3. The Morgan fingerprint density at radius 1 is 1.03 bits per heavy atom. The first kappa shape index (κ1) is 22.7. The van der Waals surface area contributed by atoms with E-state index in [1.807, 2.05) is 0 Å². The molecule has 0 aliphatic rings. The molecule has 0 radical (unpaired) electrons. The van der Waals surface area contributed by atoms with E-state index < -0.39 is 22.0 Å². The highest BCUT2D eigenvalue weighted by atomic mass is 32.2. The van der Waals surface area contributed by atoms with Gasteiger partial charge < -0.3 is 14.2 Å². The highest BCUT2D eigenvalue weighted by molar-refractivity contribution is 7.89. The van der Waals surface area contributed by atoms with Crippen molar-refractivity contribution >= 4 is 16.0 Å². The first-order chi connectivity index (χ1) is 13.7. The van der Waals surface area contributed by atoms with Crippen LogP contribution in [0, 0.1) is 13.8 Å². The largest absolute Gasteiger partial charge is 0.497 e. The number of rotatable bonds is 9. The Kier molecular flexibility index (Phi) is 7.64. The zero-order valence-corrected chi connectivity index (χ0v) is 18.1. The van der Waals surface area contributed by atoms with Crippen LogP contribution in [0.1, 0.15) is 36.1 Å². The van der Waals surface area contributed by atoms with Crippen LogP contribution in [0.5, 0.6) is 11.5 Å². The minimum atomic E-state index is -3.91. The second kappa shape index (κ2) is 9.76. The third kappa shape index (κ3) is 5.71. The summed E-state index contributed by atoms with van der Waals surface area (Å²) >= 11 is 0. The maximum atomic E-state index is 13.1. The van der Waals surface area contributed by atoms with Gasteiger partial charge in [-0.05, 0) is 61.7 Å². The number of aryl methyl sites for hydroxylation is 2. The van der Waals surface area contributed by atoms with Crippen LogP contribution in [0.25, 0.3) is 0 Å². The third-order valence-electron chi connectivity index (χ3n) is 4.47. The van der Waals surface area contributed by atoms with Gasteiger partial charge in [-0.3, -0.25) is 4.79 Å². The maximum absolute atomic E-state index is 13.1. The van der Waals surface area contributed by atoms with Gasteiger partial charge in [0.2, 0.25) is 10.0 Å². The van der Waals surface area contributed by atoms with Crippen LogP contribution in [0.4, 0.5) is 0 Å². The van der Waals surface area contributed by atoms with Crippen LogP contribution in [-0.2, 0) is 19.6 Å². The van der Waals surface area contributed by atoms with Gasteiger partial charge >= 0.3 is 5.97 Å². The zero-order valence-electron chi connectivity index (χ0n) is 17.3. The summed E-state index contributed by atoms with van der Waals surface area (Å²) in [4.78, 5) is 12.2. The monoisotopic (exact) mass is 421 g/mol. The Morgan fingerprint density at radius 2 is 1.69 bits per heavy atom. The minimum Gasteiger partial charge on any atom is -0.497 e. The van der Waals surface area contributed by atoms with Gasteiger partial charge in [0.05, 0.1) is 38.2 Å². The van der Waals surface area contributed by atoms with Crippen LogP contribution in [0.2, 0.25) is 0 Å². The summed E-state index contributed by atoms with van der Waals surface area (Å²) in [5, 5.41) is 0. The van der Waals surface area contributed by atoms with Crippen LogP contribution >= 0.6 is 0 Å². The minimum absolute atomic E-state index is 0.131. The summed E-state index contributed by atoms with van der Waals surface area (Å²) in [6.45, 7) is 5.40. The van der Waals surface area contributed by atoms with Crippen molar-refractivity contribution in [1.82, 2.24) is 4.72 Å². The van der Waals surface area contributed by atoms with Crippen molar-refractivity contribution in [2.45, 2.75) is 38.1 Å². The summed E-state index contributed by atoms with van der Waals surface area (Å²) in [6, 6.07) is 9.32. The molecule has 0 fully saturated rings. The lowest BCUT2D eigenvalue weighted by molar-refractivity contribution is -0.143. The van der Waals surface area contributed by atoms with Crippen molar-refractivity contribution in [2.24, 2.45) is 0 Å². The van der Waals surface area contributed by atoms with E-state index in [0.717, 1.165) is 0 Å². The molecule has 0 saturated carbocycles. The standard InChI is InChI=1S/C21H27NO6S/c1-6-28-21(23)13-18(16-7-9-17(26-4)10-8-16)22-29(24,25)20-12-14(2)19(27-5)11-15(20)3/h7-12,18,22H,6,13H2,1-5H3/t18-/m0/s1. The van der Waals surface area contributed by atoms with Crippen LogP contribution in [0.15, 0.2) is 41.3 Å². The predicted octanol–water partition coefficient (Wildman–Crippen LogP) is 3.29. The Labute approximate surface area is 172 Å². The quantitative estimate of drug-likeness (QED) is 0.625. The Hall–Kier alpha value is -2.58. The van der Waals surface area contributed by atoms with E-state index in [1.54, 1.807) is 64.3 Å². The number of esters is 1. The number of carbonyl (C=O) groups excluding carboxylic acids is 1. The van der Waals surface area contributed by atoms with Gasteiger partial charge in [0.1, 0.15) is 11.5 Å². The molecule has 2 aromatic carbocycles. The third-order valence-corrected chi connectivity index (χ3v) is 6.09. The molecule has 0 aliphatic heterocycles. The number of benzene rings is 2. The van der Waals surface area contributed by atoms with Gasteiger partial charge in [0.15, 0.2) is 0 Å². The SMILES string of the molecule is CCOC(=O)C[C@H](NS(=O)(=O)c1cc(C)c(OC)cc1C)c1ccc(OC)cc1. The molecule has 2 rings (SSSR count). The fourth-order valence-electron chi connectivity index (χ4n) is 2.97. The maximum Gasteiger partial charge on any atom is 0.307 e. The Balaban J connectivity index is 2.40. The van der Waals surface area contributed by atoms with Crippen molar-refractivity contribution in [3.8, 4) is 11.5 Å². The molecule has 1 N–H and O–H groups in total. The molecule has 0 bridgehead atoms. The molecule has 0 aliphatic carbocycles. The average Bonchev–Trinajstić information content (AvgIpc) is 2.68.